The number of hydrogen-bond acceptors (Lipinski definition) is 7. The minimum atomic E-state index is 0.429. The third kappa shape index (κ3) is 6.47. The van der Waals surface area contributed by atoms with Gasteiger partial charge < -0.3 is 14.8 Å². The quantitative estimate of drug-likeness (QED) is 0.218. The largest absolute Gasteiger partial charge is 0.456 e. The molecule has 5 rings (SSSR count). The molecular weight excluding hydrogens is 490 g/mol. The number of ether oxygens (including phenoxy) is 1. The van der Waals surface area contributed by atoms with E-state index in [1.54, 1.807) is 30.5 Å². The Morgan fingerprint density at radius 3 is 2.67 bits per heavy atom. The molecule has 1 saturated carbocycles. The predicted molar refractivity (Wildman–Crippen MR) is 149 cm³/mol. The number of benzene rings is 2. The lowest BCUT2D eigenvalue weighted by molar-refractivity contribution is 0.461. The molecule has 1 aliphatic carbocycles. The van der Waals surface area contributed by atoms with Crippen molar-refractivity contribution in [3.05, 3.63) is 89.8 Å². The zero-order valence-electron chi connectivity index (χ0n) is 19.9. The number of halogens is 1. The number of aromatic nitrogens is 3. The van der Waals surface area contributed by atoms with Gasteiger partial charge in [0.05, 0.1) is 22.0 Å². The number of pyridine rings is 1. The fourth-order valence-corrected chi connectivity index (χ4v) is 5.25. The Hall–Kier alpha value is -3.29. The SMILES string of the molecule is Clc1cc(Oc2ccncc2-c2ccnc(NC3CCCCC3)n2)ccc1NSCc1ccccc1. The maximum atomic E-state index is 6.55. The second kappa shape index (κ2) is 12.1. The van der Waals surface area contributed by atoms with Crippen LogP contribution in [0.4, 0.5) is 11.6 Å². The lowest BCUT2D eigenvalue weighted by Gasteiger charge is -2.22. The van der Waals surface area contributed by atoms with Gasteiger partial charge in [-0.05, 0) is 54.6 Å². The molecule has 0 aliphatic heterocycles. The summed E-state index contributed by atoms with van der Waals surface area (Å²) in [7, 11) is 0. The highest BCUT2D eigenvalue weighted by Gasteiger charge is 2.16. The van der Waals surface area contributed by atoms with Gasteiger partial charge >= 0.3 is 0 Å². The summed E-state index contributed by atoms with van der Waals surface area (Å²) in [4.78, 5) is 13.5. The van der Waals surface area contributed by atoms with Gasteiger partial charge in [-0.25, -0.2) is 9.97 Å². The number of rotatable bonds is 9. The van der Waals surface area contributed by atoms with Crippen LogP contribution < -0.4 is 14.8 Å². The molecule has 0 bridgehead atoms. The smallest absolute Gasteiger partial charge is 0.223 e. The topological polar surface area (TPSA) is 72.0 Å². The van der Waals surface area contributed by atoms with Crippen LogP contribution in [0.5, 0.6) is 11.5 Å². The van der Waals surface area contributed by atoms with E-state index in [1.807, 2.05) is 48.5 Å². The van der Waals surface area contributed by atoms with Crippen molar-refractivity contribution < 1.29 is 4.74 Å². The van der Waals surface area contributed by atoms with E-state index < -0.39 is 0 Å². The Morgan fingerprint density at radius 1 is 0.972 bits per heavy atom. The Morgan fingerprint density at radius 2 is 1.83 bits per heavy atom. The standard InChI is InChI=1S/C28H28ClN5OS/c29-24-17-22(11-12-26(24)34-36-19-20-7-3-1-4-8-20)35-27-14-15-30-18-23(27)25-13-16-31-28(33-25)32-21-9-5-2-6-10-21/h1,3-4,7-8,11-18,21,34H,2,5-6,9-10,19H2,(H,31,32,33). The molecular formula is C28H28ClN5OS. The molecule has 0 spiro atoms. The Labute approximate surface area is 221 Å². The van der Waals surface area contributed by atoms with Crippen LogP contribution in [0.2, 0.25) is 5.02 Å². The first-order chi connectivity index (χ1) is 17.7. The van der Waals surface area contributed by atoms with Gasteiger partial charge in [-0.15, -0.1) is 0 Å². The van der Waals surface area contributed by atoms with Gasteiger partial charge in [-0.2, -0.15) is 0 Å². The minimum Gasteiger partial charge on any atom is -0.456 e. The molecule has 1 fully saturated rings. The van der Waals surface area contributed by atoms with E-state index in [-0.39, 0.29) is 0 Å². The van der Waals surface area contributed by atoms with Gasteiger partial charge in [-0.3, -0.25) is 4.98 Å². The molecule has 36 heavy (non-hydrogen) atoms. The highest BCUT2D eigenvalue weighted by atomic mass is 35.5. The Bertz CT molecular complexity index is 1280. The molecule has 0 unspecified atom stereocenters. The second-order valence-corrected chi connectivity index (χ2v) is 9.93. The van der Waals surface area contributed by atoms with Crippen LogP contribution in [0, 0.1) is 0 Å². The van der Waals surface area contributed by atoms with Crippen LogP contribution in [0.1, 0.15) is 37.7 Å². The van der Waals surface area contributed by atoms with Crippen molar-refractivity contribution in [3.63, 3.8) is 0 Å². The Kier molecular flexibility index (Phi) is 8.20. The molecule has 0 amide bonds. The Balaban J connectivity index is 1.27. The van der Waals surface area contributed by atoms with Crippen LogP contribution in [0.15, 0.2) is 79.3 Å². The summed E-state index contributed by atoms with van der Waals surface area (Å²) in [5, 5.41) is 4.08. The van der Waals surface area contributed by atoms with E-state index in [1.165, 1.54) is 24.8 Å². The first kappa shape index (κ1) is 24.4. The van der Waals surface area contributed by atoms with Crippen molar-refractivity contribution in [1.29, 1.82) is 0 Å². The molecule has 1 aliphatic rings. The molecule has 0 saturated heterocycles. The minimum absolute atomic E-state index is 0.429. The number of nitrogens with one attached hydrogen (secondary N) is 2. The van der Waals surface area contributed by atoms with Gasteiger partial charge in [0, 0.05) is 36.5 Å². The molecule has 6 nitrogen and oxygen atoms in total. The molecule has 4 aromatic rings. The molecule has 8 heteroatoms. The molecule has 2 aromatic heterocycles. The van der Waals surface area contributed by atoms with Crippen molar-refractivity contribution >= 4 is 35.2 Å². The third-order valence-electron chi connectivity index (χ3n) is 6.08. The van der Waals surface area contributed by atoms with Gasteiger partial charge in [0.2, 0.25) is 5.95 Å². The number of nitrogens with zero attached hydrogens (tertiary/aromatic N) is 3. The average Bonchev–Trinajstić information content (AvgIpc) is 2.92. The van der Waals surface area contributed by atoms with Crippen molar-refractivity contribution in [1.82, 2.24) is 15.0 Å². The van der Waals surface area contributed by atoms with Crippen molar-refractivity contribution in [2.24, 2.45) is 0 Å². The lowest BCUT2D eigenvalue weighted by atomic mass is 9.96. The maximum Gasteiger partial charge on any atom is 0.223 e. The zero-order valence-corrected chi connectivity index (χ0v) is 21.4. The summed E-state index contributed by atoms with van der Waals surface area (Å²) in [6, 6.07) is 20.1. The van der Waals surface area contributed by atoms with Crippen LogP contribution in [0.25, 0.3) is 11.3 Å². The maximum absolute atomic E-state index is 6.55. The molecule has 2 heterocycles. The average molecular weight is 518 g/mol. The number of anilines is 2. The van der Waals surface area contributed by atoms with Crippen molar-refractivity contribution in [3.8, 4) is 22.8 Å². The van der Waals surface area contributed by atoms with Gasteiger partial charge in [0.25, 0.3) is 0 Å². The van der Waals surface area contributed by atoms with E-state index in [0.717, 1.165) is 35.5 Å². The first-order valence-corrected chi connectivity index (χ1v) is 13.5. The van der Waals surface area contributed by atoms with Crippen LogP contribution >= 0.6 is 23.5 Å². The highest BCUT2D eigenvalue weighted by molar-refractivity contribution is 7.99. The van der Waals surface area contributed by atoms with E-state index >= 15 is 0 Å². The summed E-state index contributed by atoms with van der Waals surface area (Å²) in [6.07, 6.45) is 11.4. The van der Waals surface area contributed by atoms with Crippen LogP contribution in [-0.2, 0) is 5.75 Å². The summed E-state index contributed by atoms with van der Waals surface area (Å²) >= 11 is 8.14. The van der Waals surface area contributed by atoms with Crippen molar-refractivity contribution in [2.45, 2.75) is 43.9 Å². The monoisotopic (exact) mass is 517 g/mol. The fourth-order valence-electron chi connectivity index (χ4n) is 4.21. The van der Waals surface area contributed by atoms with E-state index in [9.17, 15) is 0 Å². The fraction of sp³-hybridized carbons (Fsp3) is 0.250. The van der Waals surface area contributed by atoms with Gasteiger partial charge in [0.15, 0.2) is 0 Å². The summed E-state index contributed by atoms with van der Waals surface area (Å²) < 4.78 is 9.55. The van der Waals surface area contributed by atoms with E-state index in [0.29, 0.717) is 28.5 Å². The number of hydrogen-bond donors (Lipinski definition) is 2. The van der Waals surface area contributed by atoms with Gasteiger partial charge in [0.1, 0.15) is 11.5 Å². The molecule has 0 radical (unpaired) electrons. The van der Waals surface area contributed by atoms with E-state index in [2.05, 4.69) is 32.1 Å². The first-order valence-electron chi connectivity index (χ1n) is 12.2. The summed E-state index contributed by atoms with van der Waals surface area (Å²) in [5.74, 6) is 2.77. The second-order valence-electron chi connectivity index (χ2n) is 8.74. The van der Waals surface area contributed by atoms with E-state index in [4.69, 9.17) is 21.3 Å². The van der Waals surface area contributed by atoms with Crippen LogP contribution in [-0.4, -0.2) is 21.0 Å². The highest BCUT2D eigenvalue weighted by Crippen LogP contribution is 2.35. The summed E-state index contributed by atoms with van der Waals surface area (Å²) in [6.45, 7) is 0. The normalized spacial score (nSPS) is 13.8. The molecule has 0 atom stereocenters. The van der Waals surface area contributed by atoms with Gasteiger partial charge in [-0.1, -0.05) is 61.2 Å². The third-order valence-corrected chi connectivity index (χ3v) is 7.24. The summed E-state index contributed by atoms with van der Waals surface area (Å²) in [5.41, 5.74) is 3.64. The predicted octanol–water partition coefficient (Wildman–Crippen LogP) is 7.99. The molecule has 2 N–H and O–H groups in total. The lowest BCUT2D eigenvalue weighted by Crippen LogP contribution is -2.23. The van der Waals surface area contributed by atoms with Crippen LogP contribution in [0.3, 0.4) is 0 Å². The molecule has 184 valence electrons. The molecule has 2 aromatic carbocycles. The zero-order chi connectivity index (χ0) is 24.6. The van der Waals surface area contributed by atoms with Crippen molar-refractivity contribution in [2.75, 3.05) is 10.0 Å².